The van der Waals surface area contributed by atoms with Crippen molar-refractivity contribution in [1.82, 2.24) is 20.3 Å². The van der Waals surface area contributed by atoms with E-state index in [1.165, 1.54) is 0 Å². The molecular formula is C15H16N4O4. The minimum Gasteiger partial charge on any atom is -0.454 e. The highest BCUT2D eigenvalue weighted by molar-refractivity contribution is 5.94. The fourth-order valence-electron chi connectivity index (χ4n) is 2.66. The van der Waals surface area contributed by atoms with Gasteiger partial charge in [0.2, 0.25) is 6.79 Å². The molecule has 0 saturated carbocycles. The maximum atomic E-state index is 12.2. The molecular weight excluding hydrogens is 300 g/mol. The summed E-state index contributed by atoms with van der Waals surface area (Å²) in [6, 6.07) is 5.13. The van der Waals surface area contributed by atoms with Crippen LogP contribution in [0.5, 0.6) is 11.5 Å². The highest BCUT2D eigenvalue weighted by atomic mass is 16.7. The lowest BCUT2D eigenvalue weighted by Crippen LogP contribution is -2.39. The van der Waals surface area contributed by atoms with Gasteiger partial charge in [0.15, 0.2) is 11.5 Å². The number of ether oxygens (including phenoxy) is 3. The zero-order chi connectivity index (χ0) is 15.8. The van der Waals surface area contributed by atoms with Gasteiger partial charge in [-0.1, -0.05) is 5.21 Å². The summed E-state index contributed by atoms with van der Waals surface area (Å²) in [5.74, 6) is 1.08. The predicted octanol–water partition coefficient (Wildman–Crippen LogP) is 0.644. The van der Waals surface area contributed by atoms with Crippen molar-refractivity contribution in [3.63, 3.8) is 0 Å². The van der Waals surface area contributed by atoms with Crippen molar-refractivity contribution in [2.24, 2.45) is 0 Å². The van der Waals surface area contributed by atoms with E-state index in [0.717, 1.165) is 11.4 Å². The fourth-order valence-corrected chi connectivity index (χ4v) is 2.66. The Bertz CT molecular complexity index is 758. The standard InChI is InChI=1S/C15H16N4O4/c1-9-12-7-21-11(6-19(12)18-17-9)5-16-15(20)10-2-3-13-14(4-10)23-8-22-13/h2-4,11H,5-8H2,1H3,(H,16,20)/t11-/m0/s1. The molecule has 0 bridgehead atoms. The van der Waals surface area contributed by atoms with Crippen LogP contribution >= 0.6 is 0 Å². The molecule has 120 valence electrons. The van der Waals surface area contributed by atoms with Crippen LogP contribution in [0.2, 0.25) is 0 Å². The molecule has 2 aromatic rings. The van der Waals surface area contributed by atoms with Crippen LogP contribution in [0.3, 0.4) is 0 Å². The van der Waals surface area contributed by atoms with Crippen LogP contribution in [0.4, 0.5) is 0 Å². The highest BCUT2D eigenvalue weighted by Crippen LogP contribution is 2.32. The largest absolute Gasteiger partial charge is 0.454 e. The molecule has 23 heavy (non-hydrogen) atoms. The van der Waals surface area contributed by atoms with Gasteiger partial charge in [-0.25, -0.2) is 4.68 Å². The van der Waals surface area contributed by atoms with Gasteiger partial charge >= 0.3 is 0 Å². The van der Waals surface area contributed by atoms with Crippen molar-refractivity contribution in [1.29, 1.82) is 0 Å². The number of aromatic nitrogens is 3. The van der Waals surface area contributed by atoms with E-state index >= 15 is 0 Å². The van der Waals surface area contributed by atoms with Crippen LogP contribution in [-0.4, -0.2) is 40.3 Å². The molecule has 1 aromatic heterocycles. The van der Waals surface area contributed by atoms with Gasteiger partial charge in [0.25, 0.3) is 5.91 Å². The number of carbonyl (C=O) groups is 1. The van der Waals surface area contributed by atoms with Crippen molar-refractivity contribution in [2.75, 3.05) is 13.3 Å². The van der Waals surface area contributed by atoms with Crippen molar-refractivity contribution in [3.05, 3.63) is 35.2 Å². The molecule has 8 heteroatoms. The quantitative estimate of drug-likeness (QED) is 0.894. The van der Waals surface area contributed by atoms with E-state index in [-0.39, 0.29) is 18.8 Å². The van der Waals surface area contributed by atoms with Crippen LogP contribution in [0, 0.1) is 6.92 Å². The van der Waals surface area contributed by atoms with E-state index in [1.807, 2.05) is 11.6 Å². The van der Waals surface area contributed by atoms with Crippen LogP contribution < -0.4 is 14.8 Å². The summed E-state index contributed by atoms with van der Waals surface area (Å²) in [7, 11) is 0. The fraction of sp³-hybridized carbons (Fsp3) is 0.400. The Morgan fingerprint density at radius 3 is 3.17 bits per heavy atom. The van der Waals surface area contributed by atoms with E-state index in [2.05, 4.69) is 15.6 Å². The maximum Gasteiger partial charge on any atom is 0.251 e. The third-order valence-corrected chi connectivity index (χ3v) is 3.99. The summed E-state index contributed by atoms with van der Waals surface area (Å²) in [5, 5.41) is 11.0. The minimum absolute atomic E-state index is 0.124. The van der Waals surface area contributed by atoms with Gasteiger partial charge in [0, 0.05) is 12.1 Å². The lowest BCUT2D eigenvalue weighted by atomic mass is 10.2. The number of carbonyl (C=O) groups excluding carboxylic acids is 1. The first-order valence-electron chi connectivity index (χ1n) is 7.39. The topological polar surface area (TPSA) is 87.5 Å². The van der Waals surface area contributed by atoms with Crippen molar-refractivity contribution in [2.45, 2.75) is 26.2 Å². The molecule has 0 unspecified atom stereocenters. The van der Waals surface area contributed by atoms with Gasteiger partial charge in [-0.15, -0.1) is 5.10 Å². The number of hydrogen-bond donors (Lipinski definition) is 1. The first-order valence-corrected chi connectivity index (χ1v) is 7.39. The first kappa shape index (κ1) is 14.0. The SMILES string of the molecule is Cc1nnn2c1CO[C@@H](CNC(=O)c1ccc3c(c1)OCO3)C2. The Labute approximate surface area is 132 Å². The molecule has 2 aliphatic heterocycles. The van der Waals surface area contributed by atoms with E-state index in [9.17, 15) is 4.79 Å². The lowest BCUT2D eigenvalue weighted by Gasteiger charge is -2.24. The smallest absolute Gasteiger partial charge is 0.251 e. The highest BCUT2D eigenvalue weighted by Gasteiger charge is 2.23. The second-order valence-corrected chi connectivity index (χ2v) is 5.51. The number of amides is 1. The van der Waals surface area contributed by atoms with Crippen LogP contribution in [-0.2, 0) is 17.9 Å². The zero-order valence-electron chi connectivity index (χ0n) is 12.6. The summed E-state index contributed by atoms with van der Waals surface area (Å²) in [5.41, 5.74) is 2.40. The number of aryl methyl sites for hydroxylation is 1. The molecule has 0 saturated heterocycles. The van der Waals surface area contributed by atoms with E-state index in [4.69, 9.17) is 14.2 Å². The monoisotopic (exact) mass is 316 g/mol. The lowest BCUT2D eigenvalue weighted by molar-refractivity contribution is 0.00122. The number of rotatable bonds is 3. The summed E-state index contributed by atoms with van der Waals surface area (Å²) in [4.78, 5) is 12.2. The third kappa shape index (κ3) is 2.61. The Hall–Kier alpha value is -2.61. The number of fused-ring (bicyclic) bond motifs is 2. The molecule has 1 aromatic carbocycles. The molecule has 2 aliphatic rings. The average Bonchev–Trinajstić information content (AvgIpc) is 3.18. The Morgan fingerprint density at radius 2 is 2.26 bits per heavy atom. The molecule has 1 amide bonds. The molecule has 0 fully saturated rings. The predicted molar refractivity (Wildman–Crippen MR) is 78.2 cm³/mol. The Balaban J connectivity index is 1.37. The third-order valence-electron chi connectivity index (χ3n) is 3.99. The van der Waals surface area contributed by atoms with E-state index in [0.29, 0.717) is 36.8 Å². The van der Waals surface area contributed by atoms with Crippen LogP contribution in [0.15, 0.2) is 18.2 Å². The molecule has 0 spiro atoms. The molecule has 0 aliphatic carbocycles. The summed E-state index contributed by atoms with van der Waals surface area (Å²) in [6.07, 6.45) is -0.124. The van der Waals surface area contributed by atoms with Crippen LogP contribution in [0.25, 0.3) is 0 Å². The first-order chi connectivity index (χ1) is 11.2. The number of benzene rings is 1. The maximum absolute atomic E-state index is 12.2. The van der Waals surface area contributed by atoms with Crippen LogP contribution in [0.1, 0.15) is 21.7 Å². The molecule has 8 nitrogen and oxygen atoms in total. The number of nitrogens with one attached hydrogen (secondary N) is 1. The Kier molecular flexibility index (Phi) is 3.38. The average molecular weight is 316 g/mol. The Morgan fingerprint density at radius 1 is 1.39 bits per heavy atom. The van der Waals surface area contributed by atoms with Gasteiger partial charge in [-0.05, 0) is 25.1 Å². The minimum atomic E-state index is -0.174. The van der Waals surface area contributed by atoms with Gasteiger partial charge in [-0.2, -0.15) is 0 Å². The molecule has 3 heterocycles. The van der Waals surface area contributed by atoms with Gasteiger partial charge < -0.3 is 19.5 Å². The van der Waals surface area contributed by atoms with Crippen molar-refractivity contribution < 1.29 is 19.0 Å². The van der Waals surface area contributed by atoms with E-state index < -0.39 is 0 Å². The normalized spacial score (nSPS) is 18.6. The van der Waals surface area contributed by atoms with Crippen molar-refractivity contribution in [3.8, 4) is 11.5 Å². The number of hydrogen-bond acceptors (Lipinski definition) is 6. The zero-order valence-corrected chi connectivity index (χ0v) is 12.6. The molecule has 1 N–H and O–H groups in total. The van der Waals surface area contributed by atoms with Gasteiger partial charge in [0.05, 0.1) is 30.6 Å². The molecule has 1 atom stereocenters. The summed E-state index contributed by atoms with van der Waals surface area (Å²) < 4.78 is 18.1. The van der Waals surface area contributed by atoms with Crippen molar-refractivity contribution >= 4 is 5.91 Å². The van der Waals surface area contributed by atoms with Gasteiger partial charge in [-0.3, -0.25) is 4.79 Å². The second-order valence-electron chi connectivity index (χ2n) is 5.51. The molecule has 4 rings (SSSR count). The molecule has 0 radical (unpaired) electrons. The number of nitrogens with zero attached hydrogens (tertiary/aromatic N) is 3. The van der Waals surface area contributed by atoms with E-state index in [1.54, 1.807) is 18.2 Å². The van der Waals surface area contributed by atoms with Gasteiger partial charge in [0.1, 0.15) is 0 Å². The second kappa shape index (κ2) is 5.54. The summed E-state index contributed by atoms with van der Waals surface area (Å²) in [6.45, 7) is 3.55. The summed E-state index contributed by atoms with van der Waals surface area (Å²) >= 11 is 0.